The molecule has 0 aliphatic heterocycles. The number of carbonyl (C=O) groups is 3. The zero-order valence-electron chi connectivity index (χ0n) is 17.6. The molecule has 0 aromatic heterocycles. The van der Waals surface area contributed by atoms with Crippen LogP contribution < -0.4 is 15.4 Å². The van der Waals surface area contributed by atoms with Gasteiger partial charge < -0.3 is 14.8 Å². The fourth-order valence-corrected chi connectivity index (χ4v) is 3.42. The van der Waals surface area contributed by atoms with Crippen LogP contribution in [0.1, 0.15) is 54.9 Å². The van der Waals surface area contributed by atoms with Crippen LogP contribution >= 0.6 is 0 Å². The molecule has 31 heavy (non-hydrogen) atoms. The molecule has 0 spiro atoms. The lowest BCUT2D eigenvalue weighted by molar-refractivity contribution is -0.127. The molecule has 7 nitrogen and oxygen atoms in total. The third-order valence-electron chi connectivity index (χ3n) is 5.15. The van der Waals surface area contributed by atoms with E-state index in [4.69, 9.17) is 9.47 Å². The number of amides is 3. The molecule has 1 fully saturated rings. The van der Waals surface area contributed by atoms with Crippen molar-refractivity contribution in [3.63, 3.8) is 0 Å². The van der Waals surface area contributed by atoms with Crippen LogP contribution in [0.15, 0.2) is 54.6 Å². The Balaban J connectivity index is 1.48. The Kier molecular flexibility index (Phi) is 8.04. The Hall–Kier alpha value is -3.35. The van der Waals surface area contributed by atoms with Crippen molar-refractivity contribution in [2.45, 2.75) is 57.8 Å². The van der Waals surface area contributed by atoms with Crippen LogP contribution in [-0.4, -0.2) is 30.1 Å². The molecule has 0 radical (unpaired) electrons. The summed E-state index contributed by atoms with van der Waals surface area (Å²) >= 11 is 0. The van der Waals surface area contributed by atoms with Crippen molar-refractivity contribution in [1.82, 2.24) is 10.6 Å². The number of rotatable bonds is 7. The minimum absolute atomic E-state index is 0.0815. The SMILES string of the molecule is C[C@H](OC(=O)c1cccc(OCc2ccccc2)c1)C(=O)NC(=O)NC1CCCCC1. The van der Waals surface area contributed by atoms with Gasteiger partial charge in [0.25, 0.3) is 5.91 Å². The Labute approximate surface area is 182 Å². The summed E-state index contributed by atoms with van der Waals surface area (Å²) in [6, 6.07) is 15.8. The molecule has 3 rings (SSSR count). The first-order chi connectivity index (χ1) is 15.0. The van der Waals surface area contributed by atoms with Crippen molar-refractivity contribution in [1.29, 1.82) is 0 Å². The maximum absolute atomic E-state index is 12.4. The predicted molar refractivity (Wildman–Crippen MR) is 116 cm³/mol. The van der Waals surface area contributed by atoms with E-state index in [-0.39, 0.29) is 11.6 Å². The fraction of sp³-hybridized carbons (Fsp3) is 0.375. The van der Waals surface area contributed by atoms with Gasteiger partial charge in [0.15, 0.2) is 6.10 Å². The van der Waals surface area contributed by atoms with Crippen molar-refractivity contribution < 1.29 is 23.9 Å². The van der Waals surface area contributed by atoms with Gasteiger partial charge in [-0.3, -0.25) is 10.1 Å². The number of nitrogens with one attached hydrogen (secondary N) is 2. The molecule has 0 unspecified atom stereocenters. The van der Waals surface area contributed by atoms with Crippen LogP contribution in [0.5, 0.6) is 5.75 Å². The number of hydrogen-bond donors (Lipinski definition) is 2. The minimum Gasteiger partial charge on any atom is -0.489 e. The normalized spacial score (nSPS) is 14.9. The monoisotopic (exact) mass is 424 g/mol. The summed E-state index contributed by atoms with van der Waals surface area (Å²) in [5.74, 6) is -0.819. The number of hydrogen-bond acceptors (Lipinski definition) is 5. The Morgan fingerprint density at radius 2 is 1.74 bits per heavy atom. The van der Waals surface area contributed by atoms with Crippen molar-refractivity contribution in [2.75, 3.05) is 0 Å². The van der Waals surface area contributed by atoms with E-state index in [1.807, 2.05) is 30.3 Å². The quantitative estimate of drug-likeness (QED) is 0.656. The molecular formula is C24H28N2O5. The Bertz CT molecular complexity index is 894. The van der Waals surface area contributed by atoms with Crippen LogP contribution in [0.2, 0.25) is 0 Å². The molecule has 7 heteroatoms. The average molecular weight is 424 g/mol. The van der Waals surface area contributed by atoms with Gasteiger partial charge in [-0.05, 0) is 43.5 Å². The van der Waals surface area contributed by atoms with Gasteiger partial charge in [0.2, 0.25) is 0 Å². The van der Waals surface area contributed by atoms with E-state index < -0.39 is 24.0 Å². The van der Waals surface area contributed by atoms with Gasteiger partial charge in [-0.2, -0.15) is 0 Å². The number of carbonyl (C=O) groups excluding carboxylic acids is 3. The Morgan fingerprint density at radius 1 is 1.00 bits per heavy atom. The van der Waals surface area contributed by atoms with E-state index in [0.717, 1.165) is 31.2 Å². The van der Waals surface area contributed by atoms with Crippen molar-refractivity contribution in [2.24, 2.45) is 0 Å². The number of imide groups is 1. The molecular weight excluding hydrogens is 396 g/mol. The molecule has 0 saturated heterocycles. The van der Waals surface area contributed by atoms with Crippen LogP contribution in [0.4, 0.5) is 4.79 Å². The molecule has 1 aliphatic rings. The highest BCUT2D eigenvalue weighted by Crippen LogP contribution is 2.18. The van der Waals surface area contributed by atoms with E-state index in [2.05, 4.69) is 10.6 Å². The molecule has 1 saturated carbocycles. The van der Waals surface area contributed by atoms with Crippen LogP contribution in [-0.2, 0) is 16.1 Å². The van der Waals surface area contributed by atoms with Gasteiger partial charge in [0.05, 0.1) is 5.56 Å². The van der Waals surface area contributed by atoms with Crippen LogP contribution in [0.25, 0.3) is 0 Å². The van der Waals surface area contributed by atoms with Gasteiger partial charge in [-0.15, -0.1) is 0 Å². The maximum atomic E-state index is 12.4. The smallest absolute Gasteiger partial charge is 0.339 e. The lowest BCUT2D eigenvalue weighted by Gasteiger charge is -2.23. The number of benzene rings is 2. The molecule has 2 aromatic rings. The highest BCUT2D eigenvalue weighted by atomic mass is 16.5. The Morgan fingerprint density at radius 3 is 2.48 bits per heavy atom. The molecule has 1 aliphatic carbocycles. The first-order valence-corrected chi connectivity index (χ1v) is 10.6. The first-order valence-electron chi connectivity index (χ1n) is 10.6. The summed E-state index contributed by atoms with van der Waals surface area (Å²) in [4.78, 5) is 36.7. The second-order valence-electron chi connectivity index (χ2n) is 7.65. The summed E-state index contributed by atoms with van der Waals surface area (Å²) in [6.07, 6.45) is 4.02. The lowest BCUT2D eigenvalue weighted by atomic mass is 9.96. The van der Waals surface area contributed by atoms with Crippen LogP contribution in [0.3, 0.4) is 0 Å². The summed E-state index contributed by atoms with van der Waals surface area (Å²) < 4.78 is 10.9. The van der Waals surface area contributed by atoms with Crippen molar-refractivity contribution in [3.05, 3.63) is 65.7 Å². The number of urea groups is 1. The van der Waals surface area contributed by atoms with Gasteiger partial charge in [-0.25, -0.2) is 9.59 Å². The third-order valence-corrected chi connectivity index (χ3v) is 5.15. The zero-order chi connectivity index (χ0) is 22.1. The number of esters is 1. The van der Waals surface area contributed by atoms with Gasteiger partial charge in [-0.1, -0.05) is 55.7 Å². The highest BCUT2D eigenvalue weighted by molar-refractivity contribution is 5.98. The standard InChI is InChI=1S/C24H28N2O5/c1-17(22(27)26-24(29)25-20-12-6-3-7-13-20)31-23(28)19-11-8-14-21(15-19)30-16-18-9-4-2-5-10-18/h2,4-5,8-11,14-15,17,20H,3,6-7,12-13,16H2,1H3,(H2,25,26,27,29)/t17-/m0/s1. The molecule has 164 valence electrons. The summed E-state index contributed by atoms with van der Waals surface area (Å²) in [6.45, 7) is 1.80. The van der Waals surface area contributed by atoms with Gasteiger partial charge >= 0.3 is 12.0 Å². The van der Waals surface area contributed by atoms with Gasteiger partial charge in [0, 0.05) is 6.04 Å². The van der Waals surface area contributed by atoms with E-state index >= 15 is 0 Å². The largest absolute Gasteiger partial charge is 0.489 e. The van der Waals surface area contributed by atoms with E-state index in [1.54, 1.807) is 24.3 Å². The van der Waals surface area contributed by atoms with Gasteiger partial charge in [0.1, 0.15) is 12.4 Å². The van der Waals surface area contributed by atoms with Crippen LogP contribution in [0, 0.1) is 0 Å². The second kappa shape index (κ2) is 11.2. The van der Waals surface area contributed by atoms with Crippen molar-refractivity contribution in [3.8, 4) is 5.75 Å². The molecule has 3 amide bonds. The van der Waals surface area contributed by atoms with E-state index in [1.165, 1.54) is 13.3 Å². The summed E-state index contributed by atoms with van der Waals surface area (Å²) in [5.41, 5.74) is 1.27. The van der Waals surface area contributed by atoms with E-state index in [0.29, 0.717) is 12.4 Å². The fourth-order valence-electron chi connectivity index (χ4n) is 3.42. The number of ether oxygens (including phenoxy) is 2. The molecule has 2 N–H and O–H groups in total. The molecule has 0 heterocycles. The van der Waals surface area contributed by atoms with Crippen molar-refractivity contribution >= 4 is 17.9 Å². The predicted octanol–water partition coefficient (Wildman–Crippen LogP) is 3.97. The topological polar surface area (TPSA) is 93.7 Å². The zero-order valence-corrected chi connectivity index (χ0v) is 17.6. The molecule has 0 bridgehead atoms. The first kappa shape index (κ1) is 22.3. The maximum Gasteiger partial charge on any atom is 0.339 e. The lowest BCUT2D eigenvalue weighted by Crippen LogP contribution is -2.48. The average Bonchev–Trinajstić information content (AvgIpc) is 2.79. The third kappa shape index (κ3) is 7.13. The molecule has 2 aromatic carbocycles. The minimum atomic E-state index is -1.11. The summed E-state index contributed by atoms with van der Waals surface area (Å²) in [7, 11) is 0. The highest BCUT2D eigenvalue weighted by Gasteiger charge is 2.23. The second-order valence-corrected chi connectivity index (χ2v) is 7.65. The summed E-state index contributed by atoms with van der Waals surface area (Å²) in [5, 5.41) is 5.04. The van der Waals surface area contributed by atoms with E-state index in [9.17, 15) is 14.4 Å². The molecule has 1 atom stereocenters.